The Labute approximate surface area is 142 Å². The van der Waals surface area contributed by atoms with Gasteiger partial charge in [-0.25, -0.2) is 4.79 Å². The van der Waals surface area contributed by atoms with E-state index in [0.717, 1.165) is 6.07 Å². The molecule has 0 aromatic heterocycles. The molecule has 2 aromatic rings. The predicted molar refractivity (Wildman–Crippen MR) is 85.2 cm³/mol. The molecule has 0 saturated heterocycles. The van der Waals surface area contributed by atoms with Crippen LogP contribution in [0.1, 0.15) is 42.2 Å². The fourth-order valence-electron chi connectivity index (χ4n) is 2.70. The van der Waals surface area contributed by atoms with Gasteiger partial charge in [0, 0.05) is 18.2 Å². The maximum absolute atomic E-state index is 12.6. The standard InChI is InChI=1S/C18H14O7/c1-24-5-6-25-18(23)9-7-11-15(13(20)8-9)17(22)14-10(16(11)21)3-2-4-12(14)19/h2-4,7-8,19-20H,5-6H2,1H3. The molecule has 0 amide bonds. The first-order valence-corrected chi connectivity index (χ1v) is 7.40. The van der Waals surface area contributed by atoms with Crippen LogP contribution in [-0.4, -0.2) is 48.1 Å². The van der Waals surface area contributed by atoms with Crippen LogP contribution in [0.25, 0.3) is 0 Å². The largest absolute Gasteiger partial charge is 0.507 e. The predicted octanol–water partition coefficient (Wildman–Crippen LogP) is 1.68. The maximum Gasteiger partial charge on any atom is 0.338 e. The second-order valence-electron chi connectivity index (χ2n) is 5.40. The number of carbonyl (C=O) groups is 3. The first-order valence-electron chi connectivity index (χ1n) is 7.40. The molecule has 0 unspecified atom stereocenters. The molecule has 0 radical (unpaired) electrons. The molecule has 7 heteroatoms. The maximum atomic E-state index is 12.6. The van der Waals surface area contributed by atoms with Crippen LogP contribution < -0.4 is 0 Å². The van der Waals surface area contributed by atoms with Crippen LogP contribution >= 0.6 is 0 Å². The molecule has 128 valence electrons. The summed E-state index contributed by atoms with van der Waals surface area (Å²) in [5, 5.41) is 20.1. The van der Waals surface area contributed by atoms with Crippen molar-refractivity contribution in [1.82, 2.24) is 0 Å². The van der Waals surface area contributed by atoms with Gasteiger partial charge in [0.2, 0.25) is 5.78 Å². The van der Waals surface area contributed by atoms with E-state index in [2.05, 4.69) is 0 Å². The van der Waals surface area contributed by atoms with E-state index in [0.29, 0.717) is 0 Å². The molecule has 1 aliphatic rings. The zero-order chi connectivity index (χ0) is 18.1. The Morgan fingerprint density at radius 2 is 1.68 bits per heavy atom. The normalized spacial score (nSPS) is 12.5. The van der Waals surface area contributed by atoms with Gasteiger partial charge in [-0.2, -0.15) is 0 Å². The highest BCUT2D eigenvalue weighted by molar-refractivity contribution is 6.30. The number of ketones is 2. The Morgan fingerprint density at radius 3 is 2.40 bits per heavy atom. The number of phenols is 2. The summed E-state index contributed by atoms with van der Waals surface area (Å²) in [5.74, 6) is -2.87. The van der Waals surface area contributed by atoms with Crippen molar-refractivity contribution in [2.75, 3.05) is 20.3 Å². The van der Waals surface area contributed by atoms with Gasteiger partial charge >= 0.3 is 5.97 Å². The summed E-state index contributed by atoms with van der Waals surface area (Å²) >= 11 is 0. The third-order valence-electron chi connectivity index (χ3n) is 3.86. The second-order valence-corrected chi connectivity index (χ2v) is 5.40. The molecule has 0 aliphatic heterocycles. The first-order chi connectivity index (χ1) is 12.0. The van der Waals surface area contributed by atoms with Crippen LogP contribution in [0.4, 0.5) is 0 Å². The van der Waals surface area contributed by atoms with Gasteiger partial charge in [-0.15, -0.1) is 0 Å². The Kier molecular flexibility index (Phi) is 4.24. The van der Waals surface area contributed by atoms with Crippen molar-refractivity contribution in [2.45, 2.75) is 0 Å². The molecule has 1 aliphatic carbocycles. The lowest BCUT2D eigenvalue weighted by Gasteiger charge is -2.19. The zero-order valence-corrected chi connectivity index (χ0v) is 13.2. The van der Waals surface area contributed by atoms with Gasteiger partial charge in [0.15, 0.2) is 5.78 Å². The van der Waals surface area contributed by atoms with E-state index in [-0.39, 0.29) is 46.8 Å². The van der Waals surface area contributed by atoms with Gasteiger partial charge < -0.3 is 19.7 Å². The molecule has 3 rings (SSSR count). The van der Waals surface area contributed by atoms with E-state index in [1.165, 1.54) is 31.4 Å². The highest BCUT2D eigenvalue weighted by Crippen LogP contribution is 2.37. The number of rotatable bonds is 4. The number of carbonyl (C=O) groups excluding carboxylic acids is 3. The van der Waals surface area contributed by atoms with E-state index < -0.39 is 23.3 Å². The quantitative estimate of drug-likeness (QED) is 0.548. The topological polar surface area (TPSA) is 110 Å². The highest BCUT2D eigenvalue weighted by atomic mass is 16.6. The van der Waals surface area contributed by atoms with Gasteiger partial charge in [-0.3, -0.25) is 9.59 Å². The van der Waals surface area contributed by atoms with Gasteiger partial charge in [0.05, 0.1) is 23.3 Å². The summed E-state index contributed by atoms with van der Waals surface area (Å²) < 4.78 is 9.73. The molecule has 25 heavy (non-hydrogen) atoms. The van der Waals surface area contributed by atoms with E-state index >= 15 is 0 Å². The minimum Gasteiger partial charge on any atom is -0.507 e. The van der Waals surface area contributed by atoms with Gasteiger partial charge in [-0.05, 0) is 18.2 Å². The number of phenolic OH excluding ortho intramolecular Hbond substituents is 2. The minimum absolute atomic E-state index is 0.0107. The number of hydrogen-bond donors (Lipinski definition) is 2. The minimum atomic E-state index is -0.753. The first kappa shape index (κ1) is 16.7. The molecule has 2 aromatic carbocycles. The smallest absolute Gasteiger partial charge is 0.338 e. The molecule has 0 bridgehead atoms. The van der Waals surface area contributed by atoms with Gasteiger partial charge in [0.25, 0.3) is 0 Å². The Bertz CT molecular complexity index is 899. The number of esters is 1. The van der Waals surface area contributed by atoms with Gasteiger partial charge in [-0.1, -0.05) is 12.1 Å². The number of benzene rings is 2. The van der Waals surface area contributed by atoms with Crippen LogP contribution in [-0.2, 0) is 9.47 Å². The average Bonchev–Trinajstić information content (AvgIpc) is 2.59. The van der Waals surface area contributed by atoms with E-state index in [1.54, 1.807) is 0 Å². The summed E-state index contributed by atoms with van der Waals surface area (Å²) in [6, 6.07) is 6.39. The van der Waals surface area contributed by atoms with Crippen LogP contribution in [0, 0.1) is 0 Å². The zero-order valence-electron chi connectivity index (χ0n) is 13.2. The highest BCUT2D eigenvalue weighted by Gasteiger charge is 2.35. The lowest BCUT2D eigenvalue weighted by atomic mass is 9.82. The Morgan fingerprint density at radius 1 is 0.960 bits per heavy atom. The number of hydrogen-bond acceptors (Lipinski definition) is 7. The third-order valence-corrected chi connectivity index (χ3v) is 3.86. The lowest BCUT2D eigenvalue weighted by molar-refractivity contribution is 0.0387. The monoisotopic (exact) mass is 342 g/mol. The van der Waals surface area contributed by atoms with Crippen molar-refractivity contribution >= 4 is 17.5 Å². The van der Waals surface area contributed by atoms with E-state index in [1.807, 2.05) is 0 Å². The van der Waals surface area contributed by atoms with E-state index in [4.69, 9.17) is 9.47 Å². The number of fused-ring (bicyclic) bond motifs is 2. The fraction of sp³-hybridized carbons (Fsp3) is 0.167. The van der Waals surface area contributed by atoms with Crippen molar-refractivity contribution in [3.8, 4) is 11.5 Å². The molecule has 0 saturated carbocycles. The third kappa shape index (κ3) is 2.74. The molecule has 0 atom stereocenters. The van der Waals surface area contributed by atoms with Crippen molar-refractivity contribution in [3.05, 3.63) is 58.1 Å². The van der Waals surface area contributed by atoms with E-state index in [9.17, 15) is 24.6 Å². The van der Waals surface area contributed by atoms with Crippen LogP contribution in [0.15, 0.2) is 30.3 Å². The van der Waals surface area contributed by atoms with Crippen molar-refractivity contribution in [3.63, 3.8) is 0 Å². The summed E-state index contributed by atoms with van der Waals surface area (Å²) in [6.07, 6.45) is 0. The molecular weight excluding hydrogens is 328 g/mol. The van der Waals surface area contributed by atoms with Crippen molar-refractivity contribution < 1.29 is 34.1 Å². The van der Waals surface area contributed by atoms with Crippen molar-refractivity contribution in [1.29, 1.82) is 0 Å². The van der Waals surface area contributed by atoms with Crippen LogP contribution in [0.3, 0.4) is 0 Å². The summed E-state index contributed by atoms with van der Waals surface area (Å²) in [6.45, 7) is 0.212. The molecule has 0 spiro atoms. The molecule has 0 heterocycles. The molecule has 2 N–H and O–H groups in total. The van der Waals surface area contributed by atoms with Gasteiger partial charge in [0.1, 0.15) is 18.1 Å². The Balaban J connectivity index is 2.07. The molecular formula is C18H14O7. The Hall–Kier alpha value is -3.19. The SMILES string of the molecule is COCCOC(=O)c1cc(O)c2c(c1)C(=O)c1cccc(O)c1C2=O. The summed E-state index contributed by atoms with van der Waals surface area (Å²) in [7, 11) is 1.45. The average molecular weight is 342 g/mol. The molecule has 0 fully saturated rings. The second kappa shape index (κ2) is 6.37. The number of methoxy groups -OCH3 is 1. The summed E-state index contributed by atoms with van der Waals surface area (Å²) in [5.41, 5.74) is -0.557. The lowest BCUT2D eigenvalue weighted by Crippen LogP contribution is -2.22. The van der Waals surface area contributed by atoms with Crippen molar-refractivity contribution in [2.24, 2.45) is 0 Å². The summed E-state index contributed by atoms with van der Waals surface area (Å²) in [4.78, 5) is 37.2. The number of ether oxygens (including phenoxy) is 2. The molecule has 7 nitrogen and oxygen atoms in total. The number of aromatic hydroxyl groups is 2. The van der Waals surface area contributed by atoms with Crippen LogP contribution in [0.5, 0.6) is 11.5 Å². The van der Waals surface area contributed by atoms with Crippen LogP contribution in [0.2, 0.25) is 0 Å². The fourth-order valence-corrected chi connectivity index (χ4v) is 2.70.